The van der Waals surface area contributed by atoms with Crippen molar-refractivity contribution in [3.05, 3.63) is 50.1 Å². The molecule has 1 atom stereocenters. The Labute approximate surface area is 129 Å². The van der Waals surface area contributed by atoms with Gasteiger partial charge in [-0.1, -0.05) is 17.7 Å². The second kappa shape index (κ2) is 6.96. The van der Waals surface area contributed by atoms with Crippen molar-refractivity contribution in [3.63, 3.8) is 0 Å². The average molecular weight is 363 g/mol. The lowest BCUT2D eigenvalue weighted by molar-refractivity contribution is 0.756. The highest BCUT2D eigenvalue weighted by molar-refractivity contribution is 9.10. The number of benzene rings is 1. The molecule has 0 bridgehead atoms. The Balaban J connectivity index is 1.85. The first-order valence-corrected chi connectivity index (χ1v) is 8.54. The van der Waals surface area contributed by atoms with Gasteiger partial charge in [-0.2, -0.15) is 0 Å². The summed E-state index contributed by atoms with van der Waals surface area (Å²) in [7, 11) is 0. The van der Waals surface area contributed by atoms with Crippen LogP contribution in [0.2, 0.25) is 5.02 Å². The molecule has 5 heteroatoms. The summed E-state index contributed by atoms with van der Waals surface area (Å²) >= 11 is 13.0. The monoisotopic (exact) mass is 361 g/mol. The number of thiophene rings is 1. The third kappa shape index (κ3) is 4.28. The van der Waals surface area contributed by atoms with Crippen LogP contribution in [-0.2, 0) is 6.42 Å². The van der Waals surface area contributed by atoms with E-state index >= 15 is 0 Å². The second-order valence-electron chi connectivity index (χ2n) is 3.92. The molecule has 0 saturated heterocycles. The van der Waals surface area contributed by atoms with Crippen molar-refractivity contribution in [2.75, 3.05) is 5.75 Å². The first-order chi connectivity index (χ1) is 8.65. The Morgan fingerprint density at radius 3 is 2.89 bits per heavy atom. The van der Waals surface area contributed by atoms with Crippen LogP contribution in [0.5, 0.6) is 0 Å². The maximum Gasteiger partial charge on any atom is 0.0417 e. The van der Waals surface area contributed by atoms with Gasteiger partial charge in [0, 0.05) is 31.1 Å². The molecule has 1 nitrogen and oxygen atoms in total. The molecule has 2 N–H and O–H groups in total. The van der Waals surface area contributed by atoms with Crippen molar-refractivity contribution in [1.29, 1.82) is 0 Å². The van der Waals surface area contributed by atoms with Gasteiger partial charge in [-0.25, -0.2) is 0 Å². The lowest BCUT2D eigenvalue weighted by atomic mass is 10.2. The first-order valence-electron chi connectivity index (χ1n) is 5.51. The molecule has 0 spiro atoms. The fraction of sp³-hybridized carbons (Fsp3) is 0.231. The molecule has 0 fully saturated rings. The fourth-order valence-corrected chi connectivity index (χ4v) is 4.30. The molecular formula is C13H13BrClNS2. The summed E-state index contributed by atoms with van der Waals surface area (Å²) in [6, 6.07) is 10.1. The summed E-state index contributed by atoms with van der Waals surface area (Å²) in [5, 5.41) is 2.85. The summed E-state index contributed by atoms with van der Waals surface area (Å²) in [6.07, 6.45) is 0.909. The van der Waals surface area contributed by atoms with Crippen LogP contribution in [0.25, 0.3) is 0 Å². The van der Waals surface area contributed by atoms with Crippen LogP contribution in [0.15, 0.2) is 45.1 Å². The average Bonchev–Trinajstić information content (AvgIpc) is 2.73. The van der Waals surface area contributed by atoms with Gasteiger partial charge in [0.15, 0.2) is 0 Å². The molecule has 2 aromatic rings. The number of rotatable bonds is 5. The quantitative estimate of drug-likeness (QED) is 0.771. The summed E-state index contributed by atoms with van der Waals surface area (Å²) < 4.78 is 1.16. The van der Waals surface area contributed by atoms with Crippen LogP contribution >= 0.6 is 50.6 Å². The van der Waals surface area contributed by atoms with Crippen molar-refractivity contribution in [3.8, 4) is 0 Å². The molecule has 0 amide bonds. The molecule has 96 valence electrons. The number of thioether (sulfide) groups is 1. The van der Waals surface area contributed by atoms with E-state index in [1.807, 2.05) is 18.2 Å². The van der Waals surface area contributed by atoms with E-state index in [0.29, 0.717) is 0 Å². The zero-order valence-corrected chi connectivity index (χ0v) is 13.6. The predicted molar refractivity (Wildman–Crippen MR) is 85.9 cm³/mol. The van der Waals surface area contributed by atoms with E-state index in [9.17, 15) is 0 Å². The van der Waals surface area contributed by atoms with E-state index in [0.717, 1.165) is 21.7 Å². The third-order valence-corrected chi connectivity index (χ3v) is 5.76. The van der Waals surface area contributed by atoms with E-state index in [1.54, 1.807) is 23.1 Å². The molecule has 0 aliphatic heterocycles. The molecule has 2 rings (SSSR count). The smallest absolute Gasteiger partial charge is 0.0417 e. The highest BCUT2D eigenvalue weighted by Gasteiger charge is 2.09. The molecule has 18 heavy (non-hydrogen) atoms. The minimum atomic E-state index is 0.156. The van der Waals surface area contributed by atoms with Crippen LogP contribution < -0.4 is 5.73 Å². The number of nitrogens with two attached hydrogens (primary N) is 1. The minimum absolute atomic E-state index is 0.156. The lowest BCUT2D eigenvalue weighted by Gasteiger charge is -2.10. The molecule has 1 aromatic heterocycles. The van der Waals surface area contributed by atoms with Gasteiger partial charge < -0.3 is 5.73 Å². The molecule has 1 unspecified atom stereocenters. The minimum Gasteiger partial charge on any atom is -0.327 e. The summed E-state index contributed by atoms with van der Waals surface area (Å²) in [5.41, 5.74) is 6.15. The van der Waals surface area contributed by atoms with Crippen LogP contribution in [0, 0.1) is 0 Å². The maximum absolute atomic E-state index is 6.15. The van der Waals surface area contributed by atoms with Crippen molar-refractivity contribution < 1.29 is 0 Å². The van der Waals surface area contributed by atoms with Crippen LogP contribution in [0.3, 0.4) is 0 Å². The molecule has 1 heterocycles. The second-order valence-corrected chi connectivity index (χ2v) is 7.31. The molecule has 0 aliphatic rings. The van der Waals surface area contributed by atoms with E-state index in [4.69, 9.17) is 17.3 Å². The van der Waals surface area contributed by atoms with Crippen molar-refractivity contribution in [2.45, 2.75) is 17.4 Å². The number of hydrogen-bond donors (Lipinski definition) is 1. The highest BCUT2D eigenvalue weighted by Crippen LogP contribution is 2.26. The van der Waals surface area contributed by atoms with Crippen LogP contribution in [0.1, 0.15) is 4.88 Å². The number of halogens is 2. The zero-order valence-electron chi connectivity index (χ0n) is 9.61. The van der Waals surface area contributed by atoms with Crippen LogP contribution in [0.4, 0.5) is 0 Å². The molecule has 0 saturated carbocycles. The van der Waals surface area contributed by atoms with Gasteiger partial charge in [0.25, 0.3) is 0 Å². The normalized spacial score (nSPS) is 12.6. The van der Waals surface area contributed by atoms with Gasteiger partial charge in [0.2, 0.25) is 0 Å². The Bertz CT molecular complexity index is 515. The Morgan fingerprint density at radius 2 is 2.22 bits per heavy atom. The van der Waals surface area contributed by atoms with Crippen molar-refractivity contribution in [1.82, 2.24) is 0 Å². The fourth-order valence-electron chi connectivity index (χ4n) is 1.53. The van der Waals surface area contributed by atoms with Gasteiger partial charge >= 0.3 is 0 Å². The van der Waals surface area contributed by atoms with Gasteiger partial charge in [-0.3, -0.25) is 0 Å². The van der Waals surface area contributed by atoms with Gasteiger partial charge in [0.1, 0.15) is 0 Å². The molecule has 0 radical (unpaired) electrons. The van der Waals surface area contributed by atoms with Gasteiger partial charge in [-0.15, -0.1) is 23.1 Å². The van der Waals surface area contributed by atoms with E-state index in [2.05, 4.69) is 33.4 Å². The zero-order chi connectivity index (χ0) is 13.0. The molecular weight excluding hydrogens is 350 g/mol. The Morgan fingerprint density at radius 1 is 1.39 bits per heavy atom. The van der Waals surface area contributed by atoms with Gasteiger partial charge in [0.05, 0.1) is 0 Å². The largest absolute Gasteiger partial charge is 0.327 e. The van der Waals surface area contributed by atoms with E-state index in [1.165, 1.54) is 9.77 Å². The highest BCUT2D eigenvalue weighted by atomic mass is 79.9. The maximum atomic E-state index is 6.15. The Kier molecular flexibility index (Phi) is 5.57. The van der Waals surface area contributed by atoms with Gasteiger partial charge in [-0.05, 0) is 52.0 Å². The summed E-state index contributed by atoms with van der Waals surface area (Å²) in [4.78, 5) is 2.48. The Hall–Kier alpha value is -0.000000000000000111. The van der Waals surface area contributed by atoms with Crippen molar-refractivity contribution >= 4 is 50.6 Å². The molecule has 0 aliphatic carbocycles. The lowest BCUT2D eigenvalue weighted by Crippen LogP contribution is -2.25. The van der Waals surface area contributed by atoms with Crippen LogP contribution in [-0.4, -0.2) is 11.8 Å². The summed E-state index contributed by atoms with van der Waals surface area (Å²) in [6.45, 7) is 0. The standard InChI is InChI=1S/C13H13BrClNS2/c14-12-4-5-17-13(12)7-10(16)8-18-11-3-1-2-9(15)6-11/h1-6,10H,7-8,16H2. The SMILES string of the molecule is NC(CSc1cccc(Cl)c1)Cc1sccc1Br. The topological polar surface area (TPSA) is 26.0 Å². The first kappa shape index (κ1) is 14.4. The molecule has 1 aromatic carbocycles. The van der Waals surface area contributed by atoms with E-state index in [-0.39, 0.29) is 6.04 Å². The van der Waals surface area contributed by atoms with E-state index < -0.39 is 0 Å². The number of hydrogen-bond acceptors (Lipinski definition) is 3. The third-order valence-electron chi connectivity index (χ3n) is 2.40. The summed E-state index contributed by atoms with van der Waals surface area (Å²) in [5.74, 6) is 0.894. The van der Waals surface area contributed by atoms with Crippen molar-refractivity contribution in [2.24, 2.45) is 5.73 Å². The predicted octanol–water partition coefficient (Wildman–Crippen LogP) is 4.83.